The molecule has 1 aromatic heterocycles. The predicted octanol–water partition coefficient (Wildman–Crippen LogP) is 0.234. The van der Waals surface area contributed by atoms with Crippen molar-refractivity contribution in [3.63, 3.8) is 0 Å². The minimum Gasteiger partial charge on any atom is -0.323 e. The number of carbonyl (C=O) groups is 2. The number of hydrogen-bond acceptors (Lipinski definition) is 4. The van der Waals surface area contributed by atoms with Gasteiger partial charge in [-0.2, -0.15) is 5.10 Å². The zero-order valence-electron chi connectivity index (χ0n) is 11.8. The van der Waals surface area contributed by atoms with Crippen LogP contribution in [-0.2, 0) is 11.3 Å². The average molecular weight is 277 g/mol. The Labute approximate surface area is 117 Å². The molecule has 108 valence electrons. The van der Waals surface area contributed by atoms with Crippen molar-refractivity contribution in [2.45, 2.75) is 31.8 Å². The fourth-order valence-electron chi connectivity index (χ4n) is 2.96. The number of carbonyl (C=O) groups excluding carboxylic acids is 2. The van der Waals surface area contributed by atoms with Crippen LogP contribution < -0.4 is 5.32 Å². The van der Waals surface area contributed by atoms with E-state index in [0.717, 1.165) is 25.3 Å². The van der Waals surface area contributed by atoms with Crippen molar-refractivity contribution >= 4 is 11.9 Å². The normalized spacial score (nSPS) is 22.6. The first-order chi connectivity index (χ1) is 9.52. The van der Waals surface area contributed by atoms with Gasteiger partial charge < -0.3 is 5.32 Å². The lowest BCUT2D eigenvalue weighted by molar-refractivity contribution is -0.132. The van der Waals surface area contributed by atoms with Gasteiger partial charge in [0.25, 0.3) is 5.91 Å². The van der Waals surface area contributed by atoms with Gasteiger partial charge in [-0.3, -0.25) is 19.7 Å². The zero-order valence-corrected chi connectivity index (χ0v) is 11.8. The largest absolute Gasteiger partial charge is 0.324 e. The number of H-pyrrole nitrogens is 1. The van der Waals surface area contributed by atoms with Gasteiger partial charge >= 0.3 is 6.03 Å². The molecule has 0 bridgehead atoms. The number of aromatic nitrogens is 2. The Balaban J connectivity index is 1.64. The summed E-state index contributed by atoms with van der Waals surface area (Å²) in [7, 11) is 1.54. The highest BCUT2D eigenvalue weighted by Crippen LogP contribution is 2.29. The maximum absolute atomic E-state index is 12.2. The molecule has 0 aromatic carbocycles. The Morgan fingerprint density at radius 3 is 2.55 bits per heavy atom. The summed E-state index contributed by atoms with van der Waals surface area (Å²) >= 11 is 0. The maximum atomic E-state index is 12.2. The number of nitrogens with one attached hydrogen (secondary N) is 2. The minimum absolute atomic E-state index is 0.0957. The number of aromatic amines is 1. The molecular weight excluding hydrogens is 258 g/mol. The van der Waals surface area contributed by atoms with Crippen LogP contribution in [0.3, 0.4) is 0 Å². The van der Waals surface area contributed by atoms with E-state index < -0.39 is 5.54 Å². The lowest BCUT2D eigenvalue weighted by Gasteiger charge is -2.37. The van der Waals surface area contributed by atoms with Crippen LogP contribution in [0.1, 0.15) is 24.1 Å². The van der Waals surface area contributed by atoms with Crippen molar-refractivity contribution in [3.8, 4) is 0 Å². The molecule has 0 saturated carbocycles. The van der Waals surface area contributed by atoms with Gasteiger partial charge in [0, 0.05) is 37.9 Å². The molecule has 20 heavy (non-hydrogen) atoms. The summed E-state index contributed by atoms with van der Waals surface area (Å²) in [5.74, 6) is -0.0957. The second-order valence-corrected chi connectivity index (χ2v) is 5.67. The Hall–Kier alpha value is -1.89. The highest BCUT2D eigenvalue weighted by atomic mass is 16.2. The number of aryl methyl sites for hydroxylation is 1. The third-order valence-corrected chi connectivity index (χ3v) is 4.40. The van der Waals surface area contributed by atoms with Gasteiger partial charge in [0.05, 0.1) is 6.20 Å². The number of amides is 3. The quantitative estimate of drug-likeness (QED) is 0.758. The fourth-order valence-corrected chi connectivity index (χ4v) is 2.96. The van der Waals surface area contributed by atoms with E-state index in [1.165, 1.54) is 17.5 Å². The monoisotopic (exact) mass is 277 g/mol. The van der Waals surface area contributed by atoms with Crippen molar-refractivity contribution in [3.05, 3.63) is 17.5 Å². The van der Waals surface area contributed by atoms with E-state index in [0.29, 0.717) is 12.8 Å². The van der Waals surface area contributed by atoms with E-state index in [1.807, 2.05) is 13.1 Å². The third-order valence-electron chi connectivity index (χ3n) is 4.40. The molecule has 7 nitrogen and oxygen atoms in total. The van der Waals surface area contributed by atoms with Gasteiger partial charge in [0.2, 0.25) is 0 Å². The molecule has 3 heterocycles. The number of likely N-dealkylation sites (N-methyl/N-ethyl adjacent to an activating group) is 1. The number of urea groups is 1. The maximum Gasteiger partial charge on any atom is 0.324 e. The van der Waals surface area contributed by atoms with Crippen LogP contribution in [0, 0.1) is 6.92 Å². The second kappa shape index (κ2) is 4.59. The molecule has 1 spiro atoms. The molecule has 0 atom stereocenters. The number of likely N-dealkylation sites (tertiary alicyclic amines) is 1. The average Bonchev–Trinajstić information content (AvgIpc) is 2.92. The van der Waals surface area contributed by atoms with Crippen LogP contribution in [0.5, 0.6) is 0 Å². The minimum atomic E-state index is -0.673. The Kier molecular flexibility index (Phi) is 3.01. The summed E-state index contributed by atoms with van der Waals surface area (Å²) in [6.45, 7) is 4.43. The van der Waals surface area contributed by atoms with Crippen molar-refractivity contribution < 1.29 is 9.59 Å². The van der Waals surface area contributed by atoms with Crippen molar-refractivity contribution in [1.29, 1.82) is 0 Å². The van der Waals surface area contributed by atoms with Gasteiger partial charge in [-0.1, -0.05) is 0 Å². The van der Waals surface area contributed by atoms with Gasteiger partial charge in [0.15, 0.2) is 0 Å². The molecule has 7 heteroatoms. The molecule has 2 aliphatic rings. The van der Waals surface area contributed by atoms with Gasteiger partial charge in [-0.05, 0) is 19.8 Å². The lowest BCUT2D eigenvalue weighted by atomic mass is 9.87. The molecule has 2 aliphatic heterocycles. The second-order valence-electron chi connectivity index (χ2n) is 5.67. The number of rotatable bonds is 2. The molecule has 0 unspecified atom stereocenters. The van der Waals surface area contributed by atoms with E-state index in [2.05, 4.69) is 20.4 Å². The number of imide groups is 1. The molecule has 3 amide bonds. The van der Waals surface area contributed by atoms with Gasteiger partial charge in [-0.25, -0.2) is 4.79 Å². The molecule has 3 rings (SSSR count). The summed E-state index contributed by atoms with van der Waals surface area (Å²) in [5.41, 5.74) is 1.59. The van der Waals surface area contributed by atoms with E-state index in [1.54, 1.807) is 0 Å². The molecule has 2 fully saturated rings. The van der Waals surface area contributed by atoms with E-state index in [4.69, 9.17) is 0 Å². The van der Waals surface area contributed by atoms with Crippen LogP contribution >= 0.6 is 0 Å². The Morgan fingerprint density at radius 1 is 1.35 bits per heavy atom. The van der Waals surface area contributed by atoms with Crippen LogP contribution in [0.2, 0.25) is 0 Å². The van der Waals surface area contributed by atoms with Crippen LogP contribution in [0.15, 0.2) is 6.20 Å². The molecule has 0 aliphatic carbocycles. The molecule has 0 radical (unpaired) electrons. The number of hydrogen-bond donors (Lipinski definition) is 2. The first-order valence-electron chi connectivity index (χ1n) is 6.83. The van der Waals surface area contributed by atoms with Crippen LogP contribution in [-0.4, -0.2) is 57.6 Å². The van der Waals surface area contributed by atoms with Crippen molar-refractivity contribution in [2.75, 3.05) is 20.1 Å². The van der Waals surface area contributed by atoms with Crippen molar-refractivity contribution in [2.24, 2.45) is 0 Å². The highest BCUT2D eigenvalue weighted by Gasteiger charge is 2.50. The number of nitrogens with zero attached hydrogens (tertiary/aromatic N) is 3. The van der Waals surface area contributed by atoms with Crippen LogP contribution in [0.4, 0.5) is 4.79 Å². The Bertz CT molecular complexity index is 545. The fraction of sp³-hybridized carbons (Fsp3) is 0.615. The summed E-state index contributed by atoms with van der Waals surface area (Å²) in [4.78, 5) is 27.3. The van der Waals surface area contributed by atoms with Crippen molar-refractivity contribution in [1.82, 2.24) is 25.3 Å². The van der Waals surface area contributed by atoms with E-state index in [-0.39, 0.29) is 11.9 Å². The number of piperidine rings is 1. The SMILES string of the molecule is Cc1[nH]ncc1CN1CCC2(CC1)NC(=O)N(C)C2=O. The first-order valence-corrected chi connectivity index (χ1v) is 6.83. The Morgan fingerprint density at radius 2 is 2.05 bits per heavy atom. The molecule has 2 N–H and O–H groups in total. The van der Waals surface area contributed by atoms with E-state index >= 15 is 0 Å². The summed E-state index contributed by atoms with van der Waals surface area (Å²) in [6, 6.07) is -0.283. The van der Waals surface area contributed by atoms with Gasteiger partial charge in [-0.15, -0.1) is 0 Å². The lowest BCUT2D eigenvalue weighted by Crippen LogP contribution is -2.54. The summed E-state index contributed by atoms with van der Waals surface area (Å²) < 4.78 is 0. The summed E-state index contributed by atoms with van der Waals surface area (Å²) in [5, 5.41) is 9.80. The van der Waals surface area contributed by atoms with Crippen LogP contribution in [0.25, 0.3) is 0 Å². The zero-order chi connectivity index (χ0) is 14.3. The first kappa shape index (κ1) is 13.1. The van der Waals surface area contributed by atoms with E-state index in [9.17, 15) is 9.59 Å². The molecule has 1 aromatic rings. The highest BCUT2D eigenvalue weighted by molar-refractivity contribution is 6.06. The standard InChI is InChI=1S/C13H19N5O2/c1-9-10(7-14-16-9)8-18-5-3-13(4-6-18)11(19)17(2)12(20)15-13/h7H,3-6,8H2,1-2H3,(H,14,16)(H,15,20). The topological polar surface area (TPSA) is 81.3 Å². The predicted molar refractivity (Wildman–Crippen MR) is 71.9 cm³/mol. The van der Waals surface area contributed by atoms with Gasteiger partial charge in [0.1, 0.15) is 5.54 Å². The molecule has 2 saturated heterocycles. The third kappa shape index (κ3) is 1.98. The molecular formula is C13H19N5O2. The smallest absolute Gasteiger partial charge is 0.323 e. The summed E-state index contributed by atoms with van der Waals surface area (Å²) in [6.07, 6.45) is 3.17.